The second-order valence-electron chi connectivity index (χ2n) is 5.70. The molecule has 142 valence electrons. The van der Waals surface area contributed by atoms with Crippen molar-refractivity contribution in [2.45, 2.75) is 13.5 Å². The van der Waals surface area contributed by atoms with Crippen LogP contribution < -0.4 is 16.1 Å². The summed E-state index contributed by atoms with van der Waals surface area (Å²) in [4.78, 5) is 34.8. The molecule has 28 heavy (non-hydrogen) atoms. The highest BCUT2D eigenvalue weighted by Gasteiger charge is 2.15. The Morgan fingerprint density at radius 3 is 2.68 bits per heavy atom. The van der Waals surface area contributed by atoms with Gasteiger partial charge in [0, 0.05) is 23.6 Å². The van der Waals surface area contributed by atoms with Crippen molar-refractivity contribution in [3.05, 3.63) is 74.2 Å². The topological polar surface area (TPSA) is 143 Å². The predicted molar refractivity (Wildman–Crippen MR) is 99.3 cm³/mol. The second kappa shape index (κ2) is 7.66. The minimum atomic E-state index is -0.789. The lowest BCUT2D eigenvalue weighted by atomic mass is 10.1. The SMILES string of the molecule is CCn1nc(C(=O)N/N=C\c2ccc([O-])c([N+](=O)[O-])c2)c2ccccc2c1=O. The molecule has 0 unspecified atom stereocenters. The maximum absolute atomic E-state index is 12.5. The zero-order valence-electron chi connectivity index (χ0n) is 14.7. The van der Waals surface area contributed by atoms with Crippen LogP contribution in [0.25, 0.3) is 10.8 Å². The van der Waals surface area contributed by atoms with Gasteiger partial charge in [0.15, 0.2) is 5.69 Å². The molecule has 10 heteroatoms. The zero-order chi connectivity index (χ0) is 20.3. The number of fused-ring (bicyclic) bond motifs is 1. The van der Waals surface area contributed by atoms with Crippen molar-refractivity contribution in [3.8, 4) is 5.75 Å². The Hall–Kier alpha value is -4.08. The molecule has 0 aliphatic carbocycles. The molecule has 0 spiro atoms. The largest absolute Gasteiger partial charge is 0.868 e. The average Bonchev–Trinajstić information content (AvgIpc) is 2.69. The molecule has 10 nitrogen and oxygen atoms in total. The van der Waals surface area contributed by atoms with Gasteiger partial charge in [-0.15, -0.1) is 0 Å². The molecule has 0 saturated heterocycles. The van der Waals surface area contributed by atoms with E-state index in [0.717, 1.165) is 12.1 Å². The molecule has 1 aromatic heterocycles. The Morgan fingerprint density at radius 1 is 1.29 bits per heavy atom. The summed E-state index contributed by atoms with van der Waals surface area (Å²) in [5.41, 5.74) is 1.68. The van der Waals surface area contributed by atoms with Gasteiger partial charge in [-0.3, -0.25) is 19.7 Å². The summed E-state index contributed by atoms with van der Waals surface area (Å²) in [5, 5.41) is 30.8. The molecule has 0 aliphatic rings. The van der Waals surface area contributed by atoms with Gasteiger partial charge in [-0.05, 0) is 18.7 Å². The second-order valence-corrected chi connectivity index (χ2v) is 5.70. The number of rotatable bonds is 5. The van der Waals surface area contributed by atoms with Crippen molar-refractivity contribution in [3.63, 3.8) is 0 Å². The molecule has 1 amide bonds. The normalized spacial score (nSPS) is 11.0. The third kappa shape index (κ3) is 3.56. The Kier molecular flexibility index (Phi) is 5.12. The smallest absolute Gasteiger partial charge is 0.292 e. The number of hydrazone groups is 1. The lowest BCUT2D eigenvalue weighted by molar-refractivity contribution is -0.398. The lowest BCUT2D eigenvalue weighted by Crippen LogP contribution is -2.28. The van der Waals surface area contributed by atoms with E-state index in [1.165, 1.54) is 17.0 Å². The zero-order valence-corrected chi connectivity index (χ0v) is 14.7. The first-order valence-corrected chi connectivity index (χ1v) is 8.21. The molecule has 1 heterocycles. The van der Waals surface area contributed by atoms with Gasteiger partial charge >= 0.3 is 0 Å². The minimum Gasteiger partial charge on any atom is -0.868 e. The fourth-order valence-electron chi connectivity index (χ4n) is 2.59. The van der Waals surface area contributed by atoms with E-state index >= 15 is 0 Å². The van der Waals surface area contributed by atoms with Crippen LogP contribution in [0, 0.1) is 10.1 Å². The van der Waals surface area contributed by atoms with Gasteiger partial charge in [-0.1, -0.05) is 30.3 Å². The summed E-state index contributed by atoms with van der Waals surface area (Å²) < 4.78 is 1.18. The number of nitro benzene ring substituents is 1. The number of nitro groups is 1. The lowest BCUT2D eigenvalue weighted by Gasteiger charge is -2.08. The van der Waals surface area contributed by atoms with Gasteiger partial charge in [0.2, 0.25) is 0 Å². The number of hydrogen-bond donors (Lipinski definition) is 1. The summed E-state index contributed by atoms with van der Waals surface area (Å²) >= 11 is 0. The van der Waals surface area contributed by atoms with Gasteiger partial charge in [0.05, 0.1) is 16.5 Å². The van der Waals surface area contributed by atoms with Crippen molar-refractivity contribution >= 4 is 28.6 Å². The fourth-order valence-corrected chi connectivity index (χ4v) is 2.59. The summed E-state index contributed by atoms with van der Waals surface area (Å²) in [5.74, 6) is -1.37. The van der Waals surface area contributed by atoms with E-state index in [2.05, 4.69) is 15.6 Å². The number of hydrogen-bond acceptors (Lipinski definition) is 7. The fraction of sp³-hybridized carbons (Fsp3) is 0.111. The van der Waals surface area contributed by atoms with Crippen LogP contribution in [0.1, 0.15) is 23.0 Å². The maximum atomic E-state index is 12.5. The minimum absolute atomic E-state index is 0.0232. The van der Waals surface area contributed by atoms with Gasteiger partial charge in [0.1, 0.15) is 0 Å². The first-order chi connectivity index (χ1) is 13.4. The van der Waals surface area contributed by atoms with E-state index in [1.807, 2.05) is 0 Å². The monoisotopic (exact) mass is 380 g/mol. The number of aryl methyl sites for hydroxylation is 1. The predicted octanol–water partition coefficient (Wildman–Crippen LogP) is 1.16. The van der Waals surface area contributed by atoms with Crippen molar-refractivity contribution < 1.29 is 14.8 Å². The van der Waals surface area contributed by atoms with Crippen LogP contribution in [-0.2, 0) is 6.54 Å². The van der Waals surface area contributed by atoms with E-state index in [0.29, 0.717) is 17.3 Å². The van der Waals surface area contributed by atoms with Gasteiger partial charge in [0.25, 0.3) is 17.2 Å². The van der Waals surface area contributed by atoms with E-state index in [-0.39, 0.29) is 16.8 Å². The highest BCUT2D eigenvalue weighted by Crippen LogP contribution is 2.22. The Morgan fingerprint density at radius 2 is 2.00 bits per heavy atom. The number of aromatic nitrogens is 2. The maximum Gasteiger partial charge on any atom is 0.292 e. The quantitative estimate of drug-likeness (QED) is 0.400. The van der Waals surface area contributed by atoms with Gasteiger partial charge < -0.3 is 5.11 Å². The van der Waals surface area contributed by atoms with E-state index in [4.69, 9.17) is 0 Å². The van der Waals surface area contributed by atoms with E-state index in [1.54, 1.807) is 31.2 Å². The Bertz CT molecular complexity index is 1170. The molecule has 2 aromatic carbocycles. The molecule has 0 radical (unpaired) electrons. The third-order valence-corrected chi connectivity index (χ3v) is 3.94. The van der Waals surface area contributed by atoms with Crippen molar-refractivity contribution in [2.75, 3.05) is 0 Å². The highest BCUT2D eigenvalue weighted by atomic mass is 16.6. The Labute approximate surface area is 157 Å². The van der Waals surface area contributed by atoms with Crippen LogP contribution in [0.5, 0.6) is 5.75 Å². The van der Waals surface area contributed by atoms with Crippen LogP contribution in [0.15, 0.2) is 52.4 Å². The molecular formula is C18H14N5O5-. The molecule has 3 rings (SSSR count). The number of carbonyl (C=O) groups excluding carboxylic acids is 1. The molecular weight excluding hydrogens is 366 g/mol. The first kappa shape index (κ1) is 18.7. The molecule has 1 N–H and O–H groups in total. The number of amides is 1. The van der Waals surface area contributed by atoms with Crippen LogP contribution >= 0.6 is 0 Å². The van der Waals surface area contributed by atoms with Crippen molar-refractivity contribution in [2.24, 2.45) is 5.10 Å². The van der Waals surface area contributed by atoms with Crippen molar-refractivity contribution in [1.82, 2.24) is 15.2 Å². The van der Waals surface area contributed by atoms with Crippen LogP contribution in [0.2, 0.25) is 0 Å². The molecule has 0 saturated carbocycles. The highest BCUT2D eigenvalue weighted by molar-refractivity contribution is 6.05. The summed E-state index contributed by atoms with van der Waals surface area (Å²) in [6, 6.07) is 10.0. The molecule has 0 bridgehead atoms. The van der Waals surface area contributed by atoms with Gasteiger partial charge in [-0.2, -0.15) is 10.2 Å². The molecule has 0 atom stereocenters. The van der Waals surface area contributed by atoms with Gasteiger partial charge in [-0.25, -0.2) is 10.1 Å². The molecule has 3 aromatic rings. The number of benzene rings is 2. The summed E-state index contributed by atoms with van der Waals surface area (Å²) in [6.45, 7) is 2.02. The number of nitrogens with zero attached hydrogens (tertiary/aromatic N) is 4. The molecule has 0 aliphatic heterocycles. The summed E-state index contributed by atoms with van der Waals surface area (Å²) in [7, 11) is 0. The number of nitrogens with one attached hydrogen (secondary N) is 1. The van der Waals surface area contributed by atoms with Crippen molar-refractivity contribution in [1.29, 1.82) is 0 Å². The third-order valence-electron chi connectivity index (χ3n) is 3.94. The van der Waals surface area contributed by atoms with E-state index in [9.17, 15) is 24.8 Å². The standard InChI is InChI=1S/C18H15N5O5/c1-2-22-18(26)13-6-4-3-5-12(13)16(21-22)17(25)20-19-10-11-7-8-15(24)14(9-11)23(27)28/h3-10,24H,2H2,1H3,(H,20,25)/p-1/b19-10-. The number of carbonyl (C=O) groups is 1. The van der Waals surface area contributed by atoms with Crippen LogP contribution in [0.3, 0.4) is 0 Å². The average molecular weight is 380 g/mol. The van der Waals surface area contributed by atoms with E-state index < -0.39 is 22.3 Å². The first-order valence-electron chi connectivity index (χ1n) is 8.21. The Balaban J connectivity index is 1.89. The van der Waals surface area contributed by atoms with Crippen LogP contribution in [0.4, 0.5) is 5.69 Å². The summed E-state index contributed by atoms with van der Waals surface area (Å²) in [6.07, 6.45) is 1.17. The molecule has 0 fully saturated rings. The van der Waals surface area contributed by atoms with Crippen LogP contribution in [-0.4, -0.2) is 26.8 Å².